The van der Waals surface area contributed by atoms with Gasteiger partial charge in [0.2, 0.25) is 8.32 Å². The predicted molar refractivity (Wildman–Crippen MR) is 93.9 cm³/mol. The van der Waals surface area contributed by atoms with Gasteiger partial charge in [-0.05, 0) is 66.7 Å². The lowest BCUT2D eigenvalue weighted by Crippen LogP contribution is -2.64. The lowest BCUT2D eigenvalue weighted by molar-refractivity contribution is 0.0795. The number of aliphatic hydroxyl groups excluding tert-OH is 2. The molecule has 0 aliphatic heterocycles. The zero-order valence-electron chi connectivity index (χ0n) is 15.2. The van der Waals surface area contributed by atoms with Gasteiger partial charge in [0, 0.05) is 11.7 Å². The average Bonchev–Trinajstić information content (AvgIpc) is 2.32. The molecular formula is C15H37N3O3Si. The minimum atomic E-state index is -2.17. The maximum absolute atomic E-state index is 9.38. The Balaban J connectivity index is 4.42. The van der Waals surface area contributed by atoms with Crippen molar-refractivity contribution in [2.45, 2.75) is 70.1 Å². The van der Waals surface area contributed by atoms with E-state index >= 15 is 0 Å². The fraction of sp³-hybridized carbons (Fsp3) is 1.00. The Bertz CT molecular complexity index is 318. The molecule has 2 unspecified atom stereocenters. The molecule has 0 aromatic carbocycles. The molecule has 0 saturated heterocycles. The van der Waals surface area contributed by atoms with Crippen LogP contribution in [0.1, 0.15) is 40.5 Å². The Morgan fingerprint density at radius 2 is 1.73 bits per heavy atom. The van der Waals surface area contributed by atoms with Gasteiger partial charge in [-0.15, -0.1) is 0 Å². The first kappa shape index (κ1) is 22.0. The van der Waals surface area contributed by atoms with Crippen LogP contribution in [0.2, 0.25) is 12.6 Å². The van der Waals surface area contributed by atoms with Crippen LogP contribution in [0.25, 0.3) is 0 Å². The molecule has 0 spiro atoms. The number of hydrogen-bond donors (Lipinski definition) is 4. The summed E-state index contributed by atoms with van der Waals surface area (Å²) in [6, 6.07) is 0.935. The van der Waals surface area contributed by atoms with Crippen LogP contribution >= 0.6 is 0 Å². The second kappa shape index (κ2) is 8.72. The molecule has 0 aromatic heterocycles. The molecule has 0 aliphatic rings. The minimum Gasteiger partial charge on any atom is -0.398 e. The number of aliphatic hydroxyl groups is 2. The lowest BCUT2D eigenvalue weighted by Gasteiger charge is -2.43. The van der Waals surface area contributed by atoms with Crippen LogP contribution < -0.4 is 11.5 Å². The SMILES string of the molecule is CN(CCC[Si](C)(OC(C)(C)N)C(C)(C)N)CCC(O)CO. The molecule has 0 aliphatic carbocycles. The van der Waals surface area contributed by atoms with Crippen molar-refractivity contribution in [1.82, 2.24) is 4.90 Å². The summed E-state index contributed by atoms with van der Waals surface area (Å²) in [5.41, 5.74) is 11.7. The maximum Gasteiger partial charge on any atom is 0.211 e. The topological polar surface area (TPSA) is 105 Å². The molecule has 0 bridgehead atoms. The second-order valence-electron chi connectivity index (χ2n) is 7.69. The summed E-state index contributed by atoms with van der Waals surface area (Å²) in [6.07, 6.45) is 0.924. The van der Waals surface area contributed by atoms with Gasteiger partial charge < -0.3 is 31.0 Å². The first-order valence-corrected chi connectivity index (χ1v) is 10.7. The van der Waals surface area contributed by atoms with Gasteiger partial charge in [-0.3, -0.25) is 0 Å². The van der Waals surface area contributed by atoms with E-state index in [-0.39, 0.29) is 11.8 Å². The third-order valence-electron chi connectivity index (χ3n) is 4.10. The van der Waals surface area contributed by atoms with E-state index in [1.807, 2.05) is 34.7 Å². The van der Waals surface area contributed by atoms with E-state index in [2.05, 4.69) is 11.4 Å². The van der Waals surface area contributed by atoms with Gasteiger partial charge in [0.1, 0.15) is 0 Å². The van der Waals surface area contributed by atoms with E-state index in [4.69, 9.17) is 21.0 Å². The van der Waals surface area contributed by atoms with Crippen molar-refractivity contribution in [2.75, 3.05) is 26.7 Å². The highest BCUT2D eigenvalue weighted by Gasteiger charge is 2.44. The van der Waals surface area contributed by atoms with Crippen molar-refractivity contribution in [2.24, 2.45) is 11.5 Å². The summed E-state index contributed by atoms with van der Waals surface area (Å²) in [5.74, 6) is 0. The third kappa shape index (κ3) is 8.57. The van der Waals surface area contributed by atoms with Crippen LogP contribution in [0.5, 0.6) is 0 Å². The summed E-state index contributed by atoms with van der Waals surface area (Å²) in [5, 5.41) is 17.8. The summed E-state index contributed by atoms with van der Waals surface area (Å²) >= 11 is 0. The van der Waals surface area contributed by atoms with Gasteiger partial charge in [0.15, 0.2) is 0 Å². The Morgan fingerprint density at radius 1 is 1.18 bits per heavy atom. The minimum absolute atomic E-state index is 0.181. The van der Waals surface area contributed by atoms with Gasteiger partial charge in [0.25, 0.3) is 0 Å². The summed E-state index contributed by atoms with van der Waals surface area (Å²) in [7, 11) is -0.150. The van der Waals surface area contributed by atoms with E-state index in [1.165, 1.54) is 0 Å². The van der Waals surface area contributed by atoms with Crippen LogP contribution in [-0.2, 0) is 4.43 Å². The van der Waals surface area contributed by atoms with Gasteiger partial charge in [-0.2, -0.15) is 0 Å². The van der Waals surface area contributed by atoms with Crippen molar-refractivity contribution < 1.29 is 14.6 Å². The average molecular weight is 336 g/mol. The van der Waals surface area contributed by atoms with Crippen molar-refractivity contribution in [3.63, 3.8) is 0 Å². The molecule has 2 atom stereocenters. The monoisotopic (exact) mass is 335 g/mol. The Labute approximate surface area is 136 Å². The first-order chi connectivity index (χ1) is 9.81. The molecule has 0 radical (unpaired) electrons. The second-order valence-corrected chi connectivity index (χ2v) is 12.1. The van der Waals surface area contributed by atoms with E-state index < -0.39 is 20.1 Å². The third-order valence-corrected chi connectivity index (χ3v) is 9.11. The molecule has 0 rings (SSSR count). The van der Waals surface area contributed by atoms with Crippen LogP contribution in [0, 0.1) is 0 Å². The normalized spacial score (nSPS) is 17.6. The highest BCUT2D eigenvalue weighted by molar-refractivity contribution is 6.75. The summed E-state index contributed by atoms with van der Waals surface area (Å²) in [6.45, 7) is 11.4. The number of nitrogens with two attached hydrogens (primary N) is 2. The number of nitrogens with zero attached hydrogens (tertiary/aromatic N) is 1. The maximum atomic E-state index is 9.38. The molecular weight excluding hydrogens is 298 g/mol. The van der Waals surface area contributed by atoms with E-state index in [9.17, 15) is 5.11 Å². The quantitative estimate of drug-likeness (QED) is 0.326. The van der Waals surface area contributed by atoms with E-state index in [1.54, 1.807) is 0 Å². The lowest BCUT2D eigenvalue weighted by atomic mass is 10.2. The molecule has 6 nitrogen and oxygen atoms in total. The van der Waals surface area contributed by atoms with E-state index in [0.717, 1.165) is 25.6 Å². The molecule has 0 saturated carbocycles. The van der Waals surface area contributed by atoms with E-state index in [0.29, 0.717) is 6.42 Å². The standard InChI is InChI=1S/C15H37N3O3Si/c1-14(2,16)21-22(6,15(3,4)17)11-7-9-18(5)10-8-13(20)12-19/h13,19-20H,7-12,16-17H2,1-6H3. The van der Waals surface area contributed by atoms with Crippen LogP contribution in [0.15, 0.2) is 0 Å². The first-order valence-electron chi connectivity index (χ1n) is 8.06. The summed E-state index contributed by atoms with van der Waals surface area (Å²) in [4.78, 5) is 2.16. The fourth-order valence-corrected chi connectivity index (χ4v) is 5.35. The van der Waals surface area contributed by atoms with Gasteiger partial charge >= 0.3 is 0 Å². The van der Waals surface area contributed by atoms with Gasteiger partial charge in [-0.1, -0.05) is 0 Å². The molecule has 0 aromatic rings. The molecule has 22 heavy (non-hydrogen) atoms. The van der Waals surface area contributed by atoms with Crippen molar-refractivity contribution >= 4 is 8.32 Å². The number of hydrogen-bond acceptors (Lipinski definition) is 6. The molecule has 0 heterocycles. The van der Waals surface area contributed by atoms with Gasteiger partial charge in [-0.25, -0.2) is 0 Å². The zero-order chi connectivity index (χ0) is 17.6. The Kier molecular flexibility index (Phi) is 8.71. The number of rotatable bonds is 11. The van der Waals surface area contributed by atoms with Crippen LogP contribution in [0.4, 0.5) is 0 Å². The highest BCUT2D eigenvalue weighted by atomic mass is 28.4. The smallest absolute Gasteiger partial charge is 0.211 e. The fourth-order valence-electron chi connectivity index (χ4n) is 2.34. The Hall–Kier alpha value is -0.0231. The van der Waals surface area contributed by atoms with Crippen LogP contribution in [0.3, 0.4) is 0 Å². The molecule has 0 fully saturated rings. The highest BCUT2D eigenvalue weighted by Crippen LogP contribution is 2.28. The molecule has 6 N–H and O–H groups in total. The predicted octanol–water partition coefficient (Wildman–Crippen LogP) is 0.615. The van der Waals surface area contributed by atoms with Crippen LogP contribution in [-0.4, -0.2) is 67.2 Å². The molecule has 134 valence electrons. The zero-order valence-corrected chi connectivity index (χ0v) is 16.2. The van der Waals surface area contributed by atoms with Crippen molar-refractivity contribution in [3.8, 4) is 0 Å². The largest absolute Gasteiger partial charge is 0.398 e. The molecule has 7 heteroatoms. The summed E-state index contributed by atoms with van der Waals surface area (Å²) < 4.78 is 6.19. The van der Waals surface area contributed by atoms with Gasteiger partial charge in [0.05, 0.1) is 18.4 Å². The molecule has 0 amide bonds. The van der Waals surface area contributed by atoms with Crippen molar-refractivity contribution in [1.29, 1.82) is 0 Å². The van der Waals surface area contributed by atoms with Crippen molar-refractivity contribution in [3.05, 3.63) is 0 Å². The Morgan fingerprint density at radius 3 is 2.14 bits per heavy atom.